The van der Waals surface area contributed by atoms with Crippen molar-refractivity contribution in [1.82, 2.24) is 5.32 Å². The summed E-state index contributed by atoms with van der Waals surface area (Å²) in [7, 11) is 0. The molecule has 5 heteroatoms. The summed E-state index contributed by atoms with van der Waals surface area (Å²) in [5.41, 5.74) is 0.525. The van der Waals surface area contributed by atoms with Crippen LogP contribution in [0.1, 0.15) is 18.9 Å². The number of nitriles is 1. The smallest absolute Gasteiger partial charge is 0.226 e. The maximum absolute atomic E-state index is 11.4. The number of hydrogen-bond acceptors (Lipinski definition) is 4. The first kappa shape index (κ1) is 11.7. The van der Waals surface area contributed by atoms with E-state index in [4.69, 9.17) is 5.26 Å². The first-order valence-electron chi connectivity index (χ1n) is 4.76. The third-order valence-electron chi connectivity index (χ3n) is 1.82. The minimum absolute atomic E-state index is 0.0603. The van der Waals surface area contributed by atoms with E-state index in [0.717, 1.165) is 6.54 Å². The Morgan fingerprint density at radius 1 is 1.67 bits per heavy atom. The fourth-order valence-corrected chi connectivity index (χ4v) is 1.82. The topological polar surface area (TPSA) is 64.9 Å². The molecule has 1 heterocycles. The molecule has 0 aliphatic carbocycles. The van der Waals surface area contributed by atoms with Gasteiger partial charge in [-0.05, 0) is 18.0 Å². The van der Waals surface area contributed by atoms with E-state index in [2.05, 4.69) is 10.6 Å². The summed E-state index contributed by atoms with van der Waals surface area (Å²) in [6.45, 7) is 3.51. The van der Waals surface area contributed by atoms with Crippen molar-refractivity contribution in [2.45, 2.75) is 13.3 Å². The van der Waals surface area contributed by atoms with E-state index in [0.29, 0.717) is 23.5 Å². The highest BCUT2D eigenvalue weighted by Gasteiger charge is 2.07. The molecule has 1 aromatic heterocycles. The number of nitrogens with one attached hydrogen (secondary N) is 2. The second kappa shape index (κ2) is 6.17. The van der Waals surface area contributed by atoms with Gasteiger partial charge in [-0.1, -0.05) is 6.92 Å². The van der Waals surface area contributed by atoms with E-state index in [1.807, 2.05) is 13.0 Å². The molecule has 1 aromatic rings. The number of thiophene rings is 1. The van der Waals surface area contributed by atoms with Gasteiger partial charge in [0.05, 0.1) is 5.56 Å². The van der Waals surface area contributed by atoms with Gasteiger partial charge in [-0.3, -0.25) is 4.79 Å². The molecule has 15 heavy (non-hydrogen) atoms. The van der Waals surface area contributed by atoms with Crippen molar-refractivity contribution in [3.63, 3.8) is 0 Å². The second-order valence-electron chi connectivity index (χ2n) is 2.93. The summed E-state index contributed by atoms with van der Waals surface area (Å²) < 4.78 is 0. The van der Waals surface area contributed by atoms with Gasteiger partial charge in [0.15, 0.2) is 0 Å². The lowest BCUT2D eigenvalue weighted by Gasteiger charge is -2.03. The first-order chi connectivity index (χ1) is 7.27. The molecule has 1 rings (SSSR count). The molecule has 0 spiro atoms. The number of anilines is 1. The fourth-order valence-electron chi connectivity index (χ4n) is 1.06. The molecule has 0 atom stereocenters. The molecule has 0 unspecified atom stereocenters. The van der Waals surface area contributed by atoms with Gasteiger partial charge in [-0.15, -0.1) is 11.3 Å². The van der Waals surface area contributed by atoms with E-state index in [1.165, 1.54) is 11.3 Å². The largest absolute Gasteiger partial charge is 0.317 e. The normalized spacial score (nSPS) is 9.60. The number of amides is 1. The second-order valence-corrected chi connectivity index (χ2v) is 3.84. The van der Waals surface area contributed by atoms with E-state index < -0.39 is 0 Å². The van der Waals surface area contributed by atoms with E-state index in [-0.39, 0.29) is 5.91 Å². The fraction of sp³-hybridized carbons (Fsp3) is 0.400. The Balaban J connectivity index is 2.42. The van der Waals surface area contributed by atoms with Gasteiger partial charge in [-0.2, -0.15) is 5.26 Å². The zero-order chi connectivity index (χ0) is 11.1. The van der Waals surface area contributed by atoms with Gasteiger partial charge in [0.2, 0.25) is 5.91 Å². The van der Waals surface area contributed by atoms with Crippen molar-refractivity contribution in [3.05, 3.63) is 17.0 Å². The predicted octanol–water partition coefficient (Wildman–Crippen LogP) is 1.56. The maximum atomic E-state index is 11.4. The summed E-state index contributed by atoms with van der Waals surface area (Å²) in [6, 6.07) is 3.73. The molecular formula is C10H13N3OS. The predicted molar refractivity (Wildman–Crippen MR) is 60.8 cm³/mol. The average molecular weight is 223 g/mol. The zero-order valence-corrected chi connectivity index (χ0v) is 9.36. The summed E-state index contributed by atoms with van der Waals surface area (Å²) in [4.78, 5) is 11.4. The molecule has 0 saturated carbocycles. The Morgan fingerprint density at radius 2 is 2.47 bits per heavy atom. The molecule has 0 radical (unpaired) electrons. The molecule has 0 aliphatic heterocycles. The zero-order valence-electron chi connectivity index (χ0n) is 8.54. The Bertz CT molecular complexity index is 367. The van der Waals surface area contributed by atoms with Gasteiger partial charge in [0.25, 0.3) is 0 Å². The average Bonchev–Trinajstić information content (AvgIpc) is 2.65. The van der Waals surface area contributed by atoms with E-state index >= 15 is 0 Å². The Hall–Kier alpha value is -1.38. The number of carbonyl (C=O) groups is 1. The standard InChI is InChI=1S/C10H13N3OS/c1-2-12-5-3-9(14)13-10-8(7-11)4-6-15-10/h4,6,12H,2-3,5H2,1H3,(H,13,14). The Morgan fingerprint density at radius 3 is 3.13 bits per heavy atom. The van der Waals surface area contributed by atoms with Crippen LogP contribution in [0.4, 0.5) is 5.00 Å². The van der Waals surface area contributed by atoms with Gasteiger partial charge < -0.3 is 10.6 Å². The Kier molecular flexibility index (Phi) is 4.81. The van der Waals surface area contributed by atoms with Crippen LogP contribution in [0.5, 0.6) is 0 Å². The van der Waals surface area contributed by atoms with Crippen molar-refractivity contribution in [1.29, 1.82) is 5.26 Å². The van der Waals surface area contributed by atoms with Crippen LogP contribution in [0.3, 0.4) is 0 Å². The highest BCUT2D eigenvalue weighted by molar-refractivity contribution is 7.14. The number of hydrogen-bond donors (Lipinski definition) is 2. The van der Waals surface area contributed by atoms with Crippen LogP contribution in [0.15, 0.2) is 11.4 Å². The molecule has 4 nitrogen and oxygen atoms in total. The van der Waals surface area contributed by atoms with Crippen LogP contribution < -0.4 is 10.6 Å². The molecule has 1 amide bonds. The van der Waals surface area contributed by atoms with E-state index in [9.17, 15) is 4.79 Å². The monoisotopic (exact) mass is 223 g/mol. The maximum Gasteiger partial charge on any atom is 0.226 e. The summed E-state index contributed by atoms with van der Waals surface area (Å²) in [5, 5.41) is 16.9. The summed E-state index contributed by atoms with van der Waals surface area (Å²) in [5.74, 6) is -0.0603. The highest BCUT2D eigenvalue weighted by atomic mass is 32.1. The van der Waals surface area contributed by atoms with Crippen molar-refractivity contribution < 1.29 is 4.79 Å². The first-order valence-corrected chi connectivity index (χ1v) is 5.64. The van der Waals surface area contributed by atoms with Crippen LogP contribution in [-0.4, -0.2) is 19.0 Å². The quantitative estimate of drug-likeness (QED) is 0.744. The minimum atomic E-state index is -0.0603. The minimum Gasteiger partial charge on any atom is -0.317 e. The molecule has 0 saturated heterocycles. The van der Waals surface area contributed by atoms with Crippen molar-refractivity contribution in [3.8, 4) is 6.07 Å². The van der Waals surface area contributed by atoms with Crippen LogP contribution >= 0.6 is 11.3 Å². The number of carbonyl (C=O) groups excluding carboxylic acids is 1. The third kappa shape index (κ3) is 3.70. The van der Waals surface area contributed by atoms with Crippen molar-refractivity contribution in [2.75, 3.05) is 18.4 Å². The SMILES string of the molecule is CCNCCC(=O)Nc1sccc1C#N. The highest BCUT2D eigenvalue weighted by Crippen LogP contribution is 2.21. The van der Waals surface area contributed by atoms with Crippen LogP contribution in [-0.2, 0) is 4.79 Å². The lowest BCUT2D eigenvalue weighted by Crippen LogP contribution is -2.21. The van der Waals surface area contributed by atoms with Gasteiger partial charge in [0, 0.05) is 13.0 Å². The van der Waals surface area contributed by atoms with Crippen LogP contribution in [0, 0.1) is 11.3 Å². The molecule has 0 aromatic carbocycles. The molecule has 0 fully saturated rings. The third-order valence-corrected chi connectivity index (χ3v) is 2.65. The molecule has 0 aliphatic rings. The molecule has 2 N–H and O–H groups in total. The Labute approximate surface area is 92.9 Å². The van der Waals surface area contributed by atoms with Crippen molar-refractivity contribution >= 4 is 22.2 Å². The van der Waals surface area contributed by atoms with Crippen LogP contribution in [0.2, 0.25) is 0 Å². The van der Waals surface area contributed by atoms with Crippen molar-refractivity contribution in [2.24, 2.45) is 0 Å². The van der Waals surface area contributed by atoms with Gasteiger partial charge >= 0.3 is 0 Å². The van der Waals surface area contributed by atoms with Crippen LogP contribution in [0.25, 0.3) is 0 Å². The summed E-state index contributed by atoms with van der Waals surface area (Å²) in [6.07, 6.45) is 0.427. The van der Waals surface area contributed by atoms with Gasteiger partial charge in [-0.25, -0.2) is 0 Å². The molecule has 80 valence electrons. The number of nitrogens with zero attached hydrogens (tertiary/aromatic N) is 1. The lowest BCUT2D eigenvalue weighted by atomic mass is 10.3. The number of rotatable bonds is 5. The summed E-state index contributed by atoms with van der Waals surface area (Å²) >= 11 is 1.37. The molecular weight excluding hydrogens is 210 g/mol. The lowest BCUT2D eigenvalue weighted by molar-refractivity contribution is -0.116. The van der Waals surface area contributed by atoms with E-state index in [1.54, 1.807) is 11.4 Å². The van der Waals surface area contributed by atoms with Gasteiger partial charge in [0.1, 0.15) is 11.1 Å². The molecule has 0 bridgehead atoms.